The summed E-state index contributed by atoms with van der Waals surface area (Å²) in [5.74, 6) is 0.601. The lowest BCUT2D eigenvalue weighted by molar-refractivity contribution is 0.184. The molecule has 3 nitrogen and oxygen atoms in total. The number of benzene rings is 1. The second-order valence-corrected chi connectivity index (χ2v) is 6.87. The third kappa shape index (κ3) is 3.18. The van der Waals surface area contributed by atoms with Gasteiger partial charge in [-0.3, -0.25) is 0 Å². The zero-order chi connectivity index (χ0) is 13.7. The Morgan fingerprint density at radius 1 is 1.16 bits per heavy atom. The molecule has 0 saturated carbocycles. The second-order valence-electron chi connectivity index (χ2n) is 4.74. The lowest BCUT2D eigenvalue weighted by atomic mass is 10.1. The van der Waals surface area contributed by atoms with Gasteiger partial charge in [-0.25, -0.2) is 8.42 Å². The fourth-order valence-electron chi connectivity index (χ4n) is 2.39. The maximum Gasteiger partial charge on any atom is 0.188 e. The molecule has 1 aromatic carbocycles. The van der Waals surface area contributed by atoms with E-state index in [1.807, 2.05) is 13.0 Å². The standard InChI is InChI=1S/C15H20O3S/c1-2-14-15(11-7-4-8-12-18-14)19(16,17)13-9-5-3-6-10-13/h2-3,5-6,9-10,15H,4,7-8,11-12H2,1H3/b14-2+. The third-order valence-corrected chi connectivity index (χ3v) is 5.57. The first-order chi connectivity index (χ1) is 9.16. The molecule has 1 aliphatic rings. The lowest BCUT2D eigenvalue weighted by Crippen LogP contribution is -2.26. The Bertz CT molecular complexity index is 532. The highest BCUT2D eigenvalue weighted by Crippen LogP contribution is 2.28. The van der Waals surface area contributed by atoms with E-state index in [1.165, 1.54) is 0 Å². The first-order valence-electron chi connectivity index (χ1n) is 6.74. The summed E-state index contributed by atoms with van der Waals surface area (Å²) >= 11 is 0. The molecule has 1 aliphatic heterocycles. The molecule has 0 spiro atoms. The first-order valence-corrected chi connectivity index (χ1v) is 8.29. The Morgan fingerprint density at radius 3 is 2.58 bits per heavy atom. The van der Waals surface area contributed by atoms with Crippen LogP contribution in [-0.4, -0.2) is 20.3 Å². The molecule has 0 amide bonds. The molecule has 1 heterocycles. The Hall–Kier alpha value is -1.29. The van der Waals surface area contributed by atoms with Gasteiger partial charge in [0.2, 0.25) is 0 Å². The van der Waals surface area contributed by atoms with Crippen molar-refractivity contribution in [1.82, 2.24) is 0 Å². The molecule has 0 aliphatic carbocycles. The number of hydrogen-bond donors (Lipinski definition) is 0. The quantitative estimate of drug-likeness (QED) is 0.834. The summed E-state index contributed by atoms with van der Waals surface area (Å²) in [5, 5.41) is -0.541. The van der Waals surface area contributed by atoms with Gasteiger partial charge in [-0.1, -0.05) is 31.0 Å². The Morgan fingerprint density at radius 2 is 1.89 bits per heavy atom. The highest BCUT2D eigenvalue weighted by Gasteiger charge is 2.32. The molecule has 1 atom stereocenters. The van der Waals surface area contributed by atoms with Crippen LogP contribution in [0.2, 0.25) is 0 Å². The highest BCUT2D eigenvalue weighted by atomic mass is 32.2. The molecule has 1 aromatic rings. The zero-order valence-electron chi connectivity index (χ0n) is 11.2. The number of sulfone groups is 1. The maximum atomic E-state index is 12.7. The van der Waals surface area contributed by atoms with Crippen molar-refractivity contribution in [2.75, 3.05) is 6.61 Å². The van der Waals surface area contributed by atoms with Crippen molar-refractivity contribution in [3.8, 4) is 0 Å². The number of ether oxygens (including phenoxy) is 1. The van der Waals surface area contributed by atoms with Crippen molar-refractivity contribution in [3.63, 3.8) is 0 Å². The normalized spacial score (nSPS) is 23.4. The van der Waals surface area contributed by atoms with E-state index >= 15 is 0 Å². The van der Waals surface area contributed by atoms with Crippen molar-refractivity contribution < 1.29 is 13.2 Å². The van der Waals surface area contributed by atoms with Crippen LogP contribution in [0.15, 0.2) is 47.1 Å². The van der Waals surface area contributed by atoms with Gasteiger partial charge in [-0.2, -0.15) is 0 Å². The summed E-state index contributed by atoms with van der Waals surface area (Å²) in [6, 6.07) is 8.64. The van der Waals surface area contributed by atoms with Crippen LogP contribution in [-0.2, 0) is 14.6 Å². The molecule has 0 aromatic heterocycles. The minimum atomic E-state index is -3.36. The van der Waals surface area contributed by atoms with Crippen molar-refractivity contribution in [1.29, 1.82) is 0 Å². The molecule has 19 heavy (non-hydrogen) atoms. The molecule has 0 bridgehead atoms. The molecule has 0 radical (unpaired) electrons. The number of allylic oxidation sites excluding steroid dienone is 1. The molecule has 1 unspecified atom stereocenters. The Labute approximate surface area is 115 Å². The van der Waals surface area contributed by atoms with Crippen molar-refractivity contribution in [2.45, 2.75) is 42.8 Å². The minimum absolute atomic E-state index is 0.378. The Balaban J connectivity index is 2.36. The van der Waals surface area contributed by atoms with Crippen LogP contribution in [0.1, 0.15) is 32.6 Å². The van der Waals surface area contributed by atoms with E-state index in [9.17, 15) is 8.42 Å². The van der Waals surface area contributed by atoms with E-state index in [0.717, 1.165) is 19.3 Å². The van der Waals surface area contributed by atoms with Crippen molar-refractivity contribution in [3.05, 3.63) is 42.2 Å². The summed E-state index contributed by atoms with van der Waals surface area (Å²) in [6.45, 7) is 2.45. The van der Waals surface area contributed by atoms with Gasteiger partial charge in [-0.05, 0) is 38.0 Å². The summed E-state index contributed by atoms with van der Waals surface area (Å²) in [4.78, 5) is 0.378. The summed E-state index contributed by atoms with van der Waals surface area (Å²) in [7, 11) is -3.36. The van der Waals surface area contributed by atoms with E-state index in [0.29, 0.717) is 23.7 Å². The van der Waals surface area contributed by atoms with Gasteiger partial charge in [0.05, 0.1) is 11.5 Å². The van der Waals surface area contributed by atoms with Gasteiger partial charge in [0.25, 0.3) is 0 Å². The monoisotopic (exact) mass is 280 g/mol. The van der Waals surface area contributed by atoms with E-state index in [4.69, 9.17) is 4.74 Å². The fourth-order valence-corrected chi connectivity index (χ4v) is 4.24. The fraction of sp³-hybridized carbons (Fsp3) is 0.467. The SMILES string of the molecule is C/C=C1/OCCCCCC1S(=O)(=O)c1ccccc1. The first kappa shape index (κ1) is 14.1. The van der Waals surface area contributed by atoms with Crippen LogP contribution in [0, 0.1) is 0 Å². The van der Waals surface area contributed by atoms with Crippen LogP contribution < -0.4 is 0 Å². The third-order valence-electron chi connectivity index (χ3n) is 3.43. The van der Waals surface area contributed by atoms with Crippen LogP contribution >= 0.6 is 0 Å². The van der Waals surface area contributed by atoms with E-state index in [2.05, 4.69) is 0 Å². The topological polar surface area (TPSA) is 43.4 Å². The van der Waals surface area contributed by atoms with Crippen molar-refractivity contribution in [2.24, 2.45) is 0 Å². The summed E-state index contributed by atoms with van der Waals surface area (Å²) in [6.07, 6.45) is 5.37. The van der Waals surface area contributed by atoms with Gasteiger partial charge in [-0.15, -0.1) is 0 Å². The second kappa shape index (κ2) is 6.24. The predicted octanol–water partition coefficient (Wildman–Crippen LogP) is 3.32. The number of rotatable bonds is 2. The van der Waals surface area contributed by atoms with Crippen LogP contribution in [0.4, 0.5) is 0 Å². The zero-order valence-corrected chi connectivity index (χ0v) is 12.0. The molecule has 2 rings (SSSR count). The van der Waals surface area contributed by atoms with Gasteiger partial charge in [0.15, 0.2) is 9.84 Å². The molecule has 4 heteroatoms. The molecule has 0 N–H and O–H groups in total. The van der Waals surface area contributed by atoms with Crippen molar-refractivity contribution >= 4 is 9.84 Å². The molecule has 1 saturated heterocycles. The average Bonchev–Trinajstić information content (AvgIpc) is 2.39. The summed E-state index contributed by atoms with van der Waals surface area (Å²) < 4.78 is 31.0. The van der Waals surface area contributed by atoms with Gasteiger partial charge < -0.3 is 4.74 Å². The number of hydrogen-bond acceptors (Lipinski definition) is 3. The van der Waals surface area contributed by atoms with Gasteiger partial charge in [0.1, 0.15) is 11.0 Å². The van der Waals surface area contributed by atoms with Gasteiger partial charge >= 0.3 is 0 Å². The van der Waals surface area contributed by atoms with Crippen LogP contribution in [0.5, 0.6) is 0 Å². The van der Waals surface area contributed by atoms with Gasteiger partial charge in [0, 0.05) is 0 Å². The molecule has 1 fully saturated rings. The molecule has 104 valence electrons. The maximum absolute atomic E-state index is 12.7. The lowest BCUT2D eigenvalue weighted by Gasteiger charge is -2.23. The van der Waals surface area contributed by atoms with Crippen LogP contribution in [0.3, 0.4) is 0 Å². The molecular weight excluding hydrogens is 260 g/mol. The predicted molar refractivity (Wildman–Crippen MR) is 75.6 cm³/mol. The minimum Gasteiger partial charge on any atom is -0.497 e. The highest BCUT2D eigenvalue weighted by molar-refractivity contribution is 7.92. The Kier molecular flexibility index (Phi) is 4.64. The van der Waals surface area contributed by atoms with E-state index < -0.39 is 15.1 Å². The smallest absolute Gasteiger partial charge is 0.188 e. The largest absolute Gasteiger partial charge is 0.497 e. The molecular formula is C15H20O3S. The average molecular weight is 280 g/mol. The van der Waals surface area contributed by atoms with E-state index in [1.54, 1.807) is 30.3 Å². The van der Waals surface area contributed by atoms with Crippen LogP contribution in [0.25, 0.3) is 0 Å². The van der Waals surface area contributed by atoms with E-state index in [-0.39, 0.29) is 0 Å². The summed E-state index contributed by atoms with van der Waals surface area (Å²) in [5.41, 5.74) is 0.